The van der Waals surface area contributed by atoms with Crippen LogP contribution in [0.5, 0.6) is 0 Å². The maximum Gasteiger partial charge on any atom is 0.227 e. The molecule has 1 saturated heterocycles. The van der Waals surface area contributed by atoms with Crippen LogP contribution in [0, 0.1) is 13.8 Å². The minimum absolute atomic E-state index is 0.127. The Kier molecular flexibility index (Phi) is 4.72. The number of aliphatic imine (C=N–C) groups is 2. The molecule has 0 spiro atoms. The highest BCUT2D eigenvalue weighted by atomic mass is 16.5. The van der Waals surface area contributed by atoms with Crippen LogP contribution in [0.3, 0.4) is 0 Å². The highest BCUT2D eigenvalue weighted by molar-refractivity contribution is 6.03. The van der Waals surface area contributed by atoms with Gasteiger partial charge in [-0.25, -0.2) is 4.99 Å². The monoisotopic (exact) mass is 370 g/mol. The number of amides is 1. The summed E-state index contributed by atoms with van der Waals surface area (Å²) < 4.78 is 5.16. The second kappa shape index (κ2) is 7.17. The summed E-state index contributed by atoms with van der Waals surface area (Å²) in [6.45, 7) is 9.76. The van der Waals surface area contributed by atoms with Crippen LogP contribution in [-0.4, -0.2) is 76.7 Å². The maximum atomic E-state index is 12.6. The lowest BCUT2D eigenvalue weighted by atomic mass is 10.1. The molecule has 1 atom stereocenters. The average molecular weight is 370 g/mol. The number of fused-ring (bicyclic) bond motifs is 1. The van der Waals surface area contributed by atoms with Crippen molar-refractivity contribution in [1.82, 2.24) is 19.9 Å². The van der Waals surface area contributed by atoms with Gasteiger partial charge in [0, 0.05) is 44.4 Å². The Morgan fingerprint density at radius 3 is 2.70 bits per heavy atom. The quantitative estimate of drug-likeness (QED) is 0.800. The van der Waals surface area contributed by atoms with Crippen LogP contribution < -0.4 is 0 Å². The zero-order valence-electron chi connectivity index (χ0n) is 16.2. The molecule has 0 radical (unpaired) electrons. The number of carbonyl (C=O) groups is 1. The SMILES string of the molecule is CCC1CN2C=NC(N3CCN(C(=O)Cc4c(C)noc4C)CC3)=CC2=N1. The zero-order valence-corrected chi connectivity index (χ0v) is 16.2. The van der Waals surface area contributed by atoms with E-state index in [0.29, 0.717) is 25.6 Å². The van der Waals surface area contributed by atoms with Crippen LogP contribution in [0.15, 0.2) is 26.4 Å². The smallest absolute Gasteiger partial charge is 0.227 e. The van der Waals surface area contributed by atoms with Gasteiger partial charge in [-0.3, -0.25) is 9.79 Å². The molecule has 1 unspecified atom stereocenters. The molecule has 3 aliphatic heterocycles. The Hall–Kier alpha value is -2.64. The third-order valence-electron chi connectivity index (χ3n) is 5.54. The van der Waals surface area contributed by atoms with Gasteiger partial charge in [-0.05, 0) is 20.3 Å². The first-order valence-corrected chi connectivity index (χ1v) is 9.60. The molecule has 1 fully saturated rings. The van der Waals surface area contributed by atoms with E-state index in [1.54, 1.807) is 0 Å². The predicted octanol–water partition coefficient (Wildman–Crippen LogP) is 1.35. The van der Waals surface area contributed by atoms with Crippen molar-refractivity contribution in [1.29, 1.82) is 0 Å². The molecule has 0 N–H and O–H groups in total. The van der Waals surface area contributed by atoms with Crippen molar-refractivity contribution in [3.05, 3.63) is 28.9 Å². The van der Waals surface area contributed by atoms with E-state index in [-0.39, 0.29) is 5.91 Å². The molecule has 4 heterocycles. The van der Waals surface area contributed by atoms with Crippen molar-refractivity contribution in [2.45, 2.75) is 39.7 Å². The molecule has 3 aliphatic rings. The van der Waals surface area contributed by atoms with Crippen molar-refractivity contribution in [3.63, 3.8) is 0 Å². The van der Waals surface area contributed by atoms with Gasteiger partial charge >= 0.3 is 0 Å². The highest BCUT2D eigenvalue weighted by Gasteiger charge is 2.28. The van der Waals surface area contributed by atoms with Gasteiger partial charge in [0.05, 0.1) is 24.5 Å². The number of piperazine rings is 1. The fourth-order valence-corrected chi connectivity index (χ4v) is 3.73. The van der Waals surface area contributed by atoms with Crippen molar-refractivity contribution in [3.8, 4) is 0 Å². The van der Waals surface area contributed by atoms with E-state index in [4.69, 9.17) is 9.52 Å². The van der Waals surface area contributed by atoms with Crippen molar-refractivity contribution in [2.24, 2.45) is 9.98 Å². The molecular formula is C19H26N6O2. The Morgan fingerprint density at radius 1 is 1.26 bits per heavy atom. The highest BCUT2D eigenvalue weighted by Crippen LogP contribution is 2.20. The summed E-state index contributed by atoms with van der Waals surface area (Å²) in [5, 5.41) is 3.93. The zero-order chi connectivity index (χ0) is 19.0. The molecule has 0 aromatic carbocycles. The van der Waals surface area contributed by atoms with Gasteiger partial charge in [0.1, 0.15) is 17.4 Å². The summed E-state index contributed by atoms with van der Waals surface area (Å²) in [6.07, 6.45) is 5.35. The molecule has 0 bridgehead atoms. The predicted molar refractivity (Wildman–Crippen MR) is 103 cm³/mol. The summed E-state index contributed by atoms with van der Waals surface area (Å²) >= 11 is 0. The normalized spacial score (nSPS) is 22.0. The Labute approximate surface area is 159 Å². The van der Waals surface area contributed by atoms with Gasteiger partial charge in [0.15, 0.2) is 0 Å². The van der Waals surface area contributed by atoms with Gasteiger partial charge in [0.2, 0.25) is 5.91 Å². The molecule has 144 valence electrons. The average Bonchev–Trinajstić information content (AvgIpc) is 3.25. The van der Waals surface area contributed by atoms with Crippen molar-refractivity contribution >= 4 is 18.1 Å². The third kappa shape index (κ3) is 3.48. The molecule has 27 heavy (non-hydrogen) atoms. The largest absolute Gasteiger partial charge is 0.361 e. The van der Waals surface area contributed by atoms with Gasteiger partial charge in [-0.1, -0.05) is 12.1 Å². The number of hydrogen-bond acceptors (Lipinski definition) is 7. The fraction of sp³-hybridized carbons (Fsp3) is 0.579. The van der Waals surface area contributed by atoms with Crippen molar-refractivity contribution in [2.75, 3.05) is 32.7 Å². The second-order valence-electron chi connectivity index (χ2n) is 7.30. The first-order chi connectivity index (χ1) is 13.0. The number of aromatic nitrogens is 1. The van der Waals surface area contributed by atoms with E-state index in [1.165, 1.54) is 0 Å². The number of carbonyl (C=O) groups excluding carboxylic acids is 1. The van der Waals surface area contributed by atoms with Crippen LogP contribution in [0.1, 0.15) is 30.4 Å². The molecule has 8 nitrogen and oxygen atoms in total. The molecule has 0 aliphatic carbocycles. The lowest BCUT2D eigenvalue weighted by molar-refractivity contribution is -0.132. The third-order valence-corrected chi connectivity index (χ3v) is 5.54. The second-order valence-corrected chi connectivity index (χ2v) is 7.30. The van der Waals surface area contributed by atoms with Gasteiger partial charge in [-0.15, -0.1) is 0 Å². The van der Waals surface area contributed by atoms with Crippen LogP contribution >= 0.6 is 0 Å². The van der Waals surface area contributed by atoms with E-state index in [9.17, 15) is 4.79 Å². The van der Waals surface area contributed by atoms with E-state index in [1.807, 2.05) is 25.1 Å². The molecule has 1 aromatic heterocycles. The summed E-state index contributed by atoms with van der Waals surface area (Å²) in [7, 11) is 0. The Morgan fingerprint density at radius 2 is 2.04 bits per heavy atom. The fourth-order valence-electron chi connectivity index (χ4n) is 3.73. The number of amidine groups is 1. The Bertz CT molecular complexity index is 797. The standard InChI is InChI=1S/C19H26N6O2/c1-4-15-11-25-12-20-17(10-18(25)21-15)23-5-7-24(8-6-23)19(26)9-16-13(2)22-27-14(16)3/h10,12,15H,4-9,11H2,1-3H3. The first-order valence-electron chi connectivity index (χ1n) is 9.60. The molecule has 0 saturated carbocycles. The summed E-state index contributed by atoms with van der Waals surface area (Å²) in [4.78, 5) is 28.2. The van der Waals surface area contributed by atoms with Crippen molar-refractivity contribution < 1.29 is 9.32 Å². The molecule has 1 amide bonds. The van der Waals surface area contributed by atoms with E-state index >= 15 is 0 Å². The van der Waals surface area contributed by atoms with Gasteiger partial charge in [0.25, 0.3) is 0 Å². The first kappa shape index (κ1) is 17.8. The van der Waals surface area contributed by atoms with E-state index in [0.717, 1.165) is 54.7 Å². The molecule has 4 rings (SSSR count). The number of nitrogens with zero attached hydrogens (tertiary/aromatic N) is 6. The summed E-state index contributed by atoms with van der Waals surface area (Å²) in [6, 6.07) is 0.362. The van der Waals surface area contributed by atoms with Crippen LogP contribution in [0.25, 0.3) is 0 Å². The minimum Gasteiger partial charge on any atom is -0.361 e. The maximum absolute atomic E-state index is 12.6. The van der Waals surface area contributed by atoms with Gasteiger partial charge in [-0.2, -0.15) is 0 Å². The lowest BCUT2D eigenvalue weighted by Crippen LogP contribution is -2.49. The molecular weight excluding hydrogens is 344 g/mol. The van der Waals surface area contributed by atoms with Crippen LogP contribution in [-0.2, 0) is 11.2 Å². The van der Waals surface area contributed by atoms with E-state index < -0.39 is 0 Å². The van der Waals surface area contributed by atoms with Crippen LogP contribution in [0.4, 0.5) is 0 Å². The van der Waals surface area contributed by atoms with E-state index in [2.05, 4.69) is 32.9 Å². The molecule has 8 heteroatoms. The lowest BCUT2D eigenvalue weighted by Gasteiger charge is -2.37. The summed E-state index contributed by atoms with van der Waals surface area (Å²) in [5.41, 5.74) is 1.71. The van der Waals surface area contributed by atoms with Gasteiger partial charge < -0.3 is 19.2 Å². The topological polar surface area (TPSA) is 77.5 Å². The van der Waals surface area contributed by atoms with Crippen LogP contribution in [0.2, 0.25) is 0 Å². The minimum atomic E-state index is 0.127. The molecule has 1 aromatic rings. The summed E-state index contributed by atoms with van der Waals surface area (Å²) in [5.74, 6) is 2.80. The number of hydrogen-bond donors (Lipinski definition) is 0. The number of aryl methyl sites for hydroxylation is 2. The number of rotatable bonds is 4. The Balaban J connectivity index is 1.35.